The first-order chi connectivity index (χ1) is 15.4. The molecule has 0 N–H and O–H groups in total. The van der Waals surface area contributed by atoms with Gasteiger partial charge in [0.25, 0.3) is 11.8 Å². The Morgan fingerprint density at radius 1 is 0.969 bits per heavy atom. The van der Waals surface area contributed by atoms with Crippen molar-refractivity contribution in [2.24, 2.45) is 0 Å². The maximum absolute atomic E-state index is 13.5. The van der Waals surface area contributed by atoms with Crippen LogP contribution in [0, 0.1) is 0 Å². The molecular weight excluding hydrogens is 410 g/mol. The van der Waals surface area contributed by atoms with Crippen LogP contribution in [0.4, 0.5) is 0 Å². The number of carbonyl (C=O) groups excluding carboxylic acids is 2. The molecule has 0 bridgehead atoms. The number of carbonyl (C=O) groups is 2. The molecule has 0 unspecified atom stereocenters. The van der Waals surface area contributed by atoms with E-state index in [1.165, 1.54) is 4.90 Å². The van der Waals surface area contributed by atoms with E-state index in [0.717, 1.165) is 19.6 Å². The summed E-state index contributed by atoms with van der Waals surface area (Å²) in [4.78, 5) is 32.7. The maximum Gasteiger partial charge on any atom is 0.277 e. The number of imide groups is 1. The van der Waals surface area contributed by atoms with Crippen LogP contribution >= 0.6 is 0 Å². The summed E-state index contributed by atoms with van der Waals surface area (Å²) in [6.07, 6.45) is 0.719. The molecule has 8 nitrogen and oxygen atoms in total. The third-order valence-electron chi connectivity index (χ3n) is 5.93. The minimum atomic E-state index is -0.264. The van der Waals surface area contributed by atoms with E-state index in [4.69, 9.17) is 14.2 Å². The first-order valence-electron chi connectivity index (χ1n) is 11.3. The molecule has 1 aromatic carbocycles. The van der Waals surface area contributed by atoms with E-state index in [9.17, 15) is 9.59 Å². The molecular formula is C24H35N3O5. The van der Waals surface area contributed by atoms with Crippen LogP contribution in [0.2, 0.25) is 0 Å². The summed E-state index contributed by atoms with van der Waals surface area (Å²) in [5.41, 5.74) is 1.59. The van der Waals surface area contributed by atoms with Crippen molar-refractivity contribution in [2.45, 2.75) is 33.3 Å². The SMILES string of the molecule is CCN1CCN(C2=C(c3ccc(OC)c(OC)c3)C(=O)N(CCCOC(C)C)C2=O)CC1. The highest BCUT2D eigenvalue weighted by Crippen LogP contribution is 2.36. The predicted molar refractivity (Wildman–Crippen MR) is 123 cm³/mol. The third-order valence-corrected chi connectivity index (χ3v) is 5.93. The molecule has 176 valence electrons. The van der Waals surface area contributed by atoms with Gasteiger partial charge in [-0.25, -0.2) is 0 Å². The minimum Gasteiger partial charge on any atom is -0.493 e. The van der Waals surface area contributed by atoms with Gasteiger partial charge in [0.2, 0.25) is 0 Å². The molecule has 2 aliphatic heterocycles. The Balaban J connectivity index is 1.93. The van der Waals surface area contributed by atoms with Gasteiger partial charge in [0.05, 0.1) is 25.9 Å². The van der Waals surface area contributed by atoms with E-state index in [1.54, 1.807) is 26.4 Å². The largest absolute Gasteiger partial charge is 0.493 e. The lowest BCUT2D eigenvalue weighted by Gasteiger charge is -2.36. The third kappa shape index (κ3) is 5.07. The number of hydrogen-bond acceptors (Lipinski definition) is 7. The zero-order valence-corrected chi connectivity index (χ0v) is 19.8. The van der Waals surface area contributed by atoms with Gasteiger partial charge in [0, 0.05) is 39.3 Å². The van der Waals surface area contributed by atoms with Crippen LogP contribution in [-0.2, 0) is 14.3 Å². The van der Waals surface area contributed by atoms with Crippen LogP contribution in [0.3, 0.4) is 0 Å². The van der Waals surface area contributed by atoms with Crippen molar-refractivity contribution in [1.82, 2.24) is 14.7 Å². The van der Waals surface area contributed by atoms with Crippen molar-refractivity contribution < 1.29 is 23.8 Å². The van der Waals surface area contributed by atoms with E-state index in [2.05, 4.69) is 16.7 Å². The molecule has 0 radical (unpaired) electrons. The molecule has 1 saturated heterocycles. The summed E-state index contributed by atoms with van der Waals surface area (Å²) in [6.45, 7) is 11.0. The van der Waals surface area contributed by atoms with Crippen LogP contribution in [0.5, 0.6) is 11.5 Å². The lowest BCUT2D eigenvalue weighted by molar-refractivity contribution is -0.137. The Kier molecular flexibility index (Phi) is 8.15. The topological polar surface area (TPSA) is 71.6 Å². The number of methoxy groups -OCH3 is 2. The number of piperazine rings is 1. The Hall–Kier alpha value is -2.58. The van der Waals surface area contributed by atoms with Crippen molar-refractivity contribution in [2.75, 3.05) is 60.1 Å². The summed E-state index contributed by atoms with van der Waals surface area (Å²) < 4.78 is 16.4. The second-order valence-electron chi connectivity index (χ2n) is 8.25. The first kappa shape index (κ1) is 24.1. The van der Waals surface area contributed by atoms with Gasteiger partial charge < -0.3 is 24.0 Å². The molecule has 1 fully saturated rings. The summed E-state index contributed by atoms with van der Waals surface area (Å²) in [6, 6.07) is 5.35. The summed E-state index contributed by atoms with van der Waals surface area (Å²) in [5.74, 6) is 0.611. The van der Waals surface area contributed by atoms with Crippen LogP contribution in [0.25, 0.3) is 5.57 Å². The summed E-state index contributed by atoms with van der Waals surface area (Å²) >= 11 is 0. The Morgan fingerprint density at radius 2 is 1.66 bits per heavy atom. The molecule has 0 atom stereocenters. The van der Waals surface area contributed by atoms with Crippen molar-refractivity contribution in [3.05, 3.63) is 29.5 Å². The smallest absolute Gasteiger partial charge is 0.277 e. The molecule has 3 rings (SSSR count). The van der Waals surface area contributed by atoms with Gasteiger partial charge in [-0.05, 0) is 44.5 Å². The van der Waals surface area contributed by atoms with Gasteiger partial charge in [0.1, 0.15) is 5.70 Å². The highest BCUT2D eigenvalue weighted by Gasteiger charge is 2.42. The standard InChI is InChI=1S/C24H35N3O5/c1-6-25-11-13-26(14-12-25)22-21(18-8-9-19(30-4)20(16-18)31-5)23(28)27(24(22)29)10-7-15-32-17(2)3/h8-9,16-17H,6-7,10-15H2,1-5H3. The van der Waals surface area contributed by atoms with Crippen LogP contribution < -0.4 is 9.47 Å². The maximum atomic E-state index is 13.5. The second kappa shape index (κ2) is 10.8. The average Bonchev–Trinajstić information content (AvgIpc) is 3.05. The van der Waals surface area contributed by atoms with Gasteiger partial charge in [-0.15, -0.1) is 0 Å². The molecule has 0 aromatic heterocycles. The molecule has 0 saturated carbocycles. The van der Waals surface area contributed by atoms with Gasteiger partial charge in [0.15, 0.2) is 11.5 Å². The Labute approximate surface area is 190 Å². The monoisotopic (exact) mass is 445 g/mol. The molecule has 8 heteroatoms. The van der Waals surface area contributed by atoms with Crippen molar-refractivity contribution in [1.29, 1.82) is 0 Å². The predicted octanol–water partition coefficient (Wildman–Crippen LogP) is 2.24. The van der Waals surface area contributed by atoms with Crippen LogP contribution in [0.1, 0.15) is 32.8 Å². The number of likely N-dealkylation sites (N-methyl/N-ethyl adjacent to an activating group) is 1. The molecule has 2 aliphatic rings. The number of ether oxygens (including phenoxy) is 3. The number of hydrogen-bond donors (Lipinski definition) is 0. The van der Waals surface area contributed by atoms with Crippen molar-refractivity contribution in [3.63, 3.8) is 0 Å². The van der Waals surface area contributed by atoms with E-state index in [-0.39, 0.29) is 17.9 Å². The normalized spacial score (nSPS) is 17.7. The van der Waals surface area contributed by atoms with E-state index in [1.807, 2.05) is 19.9 Å². The van der Waals surface area contributed by atoms with Crippen LogP contribution in [-0.4, -0.2) is 92.7 Å². The molecule has 0 aliphatic carbocycles. The second-order valence-corrected chi connectivity index (χ2v) is 8.25. The van der Waals surface area contributed by atoms with Gasteiger partial charge in [-0.1, -0.05) is 13.0 Å². The van der Waals surface area contributed by atoms with Crippen molar-refractivity contribution >= 4 is 17.4 Å². The number of benzene rings is 1. The molecule has 2 heterocycles. The van der Waals surface area contributed by atoms with Gasteiger partial charge in [-0.2, -0.15) is 0 Å². The van der Waals surface area contributed by atoms with E-state index >= 15 is 0 Å². The van der Waals surface area contributed by atoms with Crippen LogP contribution in [0.15, 0.2) is 23.9 Å². The summed E-state index contributed by atoms with van der Waals surface area (Å²) in [7, 11) is 3.13. The lowest BCUT2D eigenvalue weighted by atomic mass is 10.0. The first-order valence-corrected chi connectivity index (χ1v) is 11.3. The fraction of sp³-hybridized carbons (Fsp3) is 0.583. The Bertz CT molecular complexity index is 859. The van der Waals surface area contributed by atoms with E-state index in [0.29, 0.717) is 61.0 Å². The summed E-state index contributed by atoms with van der Waals surface area (Å²) in [5, 5.41) is 0. The quantitative estimate of drug-likeness (QED) is 0.404. The van der Waals surface area contributed by atoms with E-state index < -0.39 is 0 Å². The van der Waals surface area contributed by atoms with Gasteiger partial charge >= 0.3 is 0 Å². The molecule has 2 amide bonds. The Morgan fingerprint density at radius 3 is 2.25 bits per heavy atom. The number of rotatable bonds is 10. The lowest BCUT2D eigenvalue weighted by Crippen LogP contribution is -2.47. The number of nitrogens with zero attached hydrogens (tertiary/aromatic N) is 3. The molecule has 0 spiro atoms. The van der Waals surface area contributed by atoms with Crippen molar-refractivity contribution in [3.8, 4) is 11.5 Å². The zero-order valence-electron chi connectivity index (χ0n) is 19.8. The average molecular weight is 446 g/mol. The fourth-order valence-electron chi connectivity index (χ4n) is 4.14. The van der Waals surface area contributed by atoms with Gasteiger partial charge in [-0.3, -0.25) is 14.5 Å². The number of amides is 2. The zero-order chi connectivity index (χ0) is 23.3. The molecule has 32 heavy (non-hydrogen) atoms. The highest BCUT2D eigenvalue weighted by molar-refractivity contribution is 6.35. The fourth-order valence-corrected chi connectivity index (χ4v) is 4.14. The highest BCUT2D eigenvalue weighted by atomic mass is 16.5. The molecule has 1 aromatic rings. The minimum absolute atomic E-state index is 0.117.